The normalized spacial score (nSPS) is 17.4. The predicted octanol–water partition coefficient (Wildman–Crippen LogP) is 4.42. The number of pyridine rings is 1. The van der Waals surface area contributed by atoms with Crippen LogP contribution in [-0.2, 0) is 0 Å². The summed E-state index contributed by atoms with van der Waals surface area (Å²) in [6.45, 7) is -2.38. The maximum absolute atomic E-state index is 13.7. The van der Waals surface area contributed by atoms with Crippen molar-refractivity contribution in [1.29, 1.82) is 0 Å². The molecule has 4 aromatic rings. The average molecular weight is 447 g/mol. The zero-order valence-corrected chi connectivity index (χ0v) is 16.5. The van der Waals surface area contributed by atoms with Gasteiger partial charge in [0.05, 0.1) is 41.1 Å². The summed E-state index contributed by atoms with van der Waals surface area (Å²) in [4.78, 5) is 22.1. The van der Waals surface area contributed by atoms with Crippen molar-refractivity contribution in [3.8, 4) is 21.8 Å². The summed E-state index contributed by atoms with van der Waals surface area (Å²) in [5.41, 5.74) is 1.93. The molecule has 1 aliphatic heterocycles. The second-order valence-corrected chi connectivity index (χ2v) is 8.09. The van der Waals surface area contributed by atoms with Crippen molar-refractivity contribution in [2.75, 3.05) is 18.0 Å². The lowest BCUT2D eigenvalue weighted by atomic mass is 10.1. The van der Waals surface area contributed by atoms with E-state index in [0.717, 1.165) is 9.78 Å². The standard InChI is InChI=1S/C20H13F4N5OS/c21-19(22)10-28(11-20(19,23)24)17-7-12(9-30)6-15(26-17)13-8-25-29-4-3-14(27-18(13)29)16-2-1-5-31-16/h1-9H,10-11H2. The number of carbonyl (C=O) groups is 1. The predicted molar refractivity (Wildman–Crippen MR) is 107 cm³/mol. The molecule has 31 heavy (non-hydrogen) atoms. The molecule has 0 unspecified atom stereocenters. The van der Waals surface area contributed by atoms with Crippen LogP contribution in [0.1, 0.15) is 10.4 Å². The van der Waals surface area contributed by atoms with E-state index in [9.17, 15) is 22.4 Å². The second kappa shape index (κ2) is 6.84. The lowest BCUT2D eigenvalue weighted by molar-refractivity contribution is -0.172. The maximum atomic E-state index is 13.7. The van der Waals surface area contributed by atoms with Gasteiger partial charge in [-0.3, -0.25) is 4.79 Å². The highest BCUT2D eigenvalue weighted by atomic mass is 32.1. The van der Waals surface area contributed by atoms with E-state index in [2.05, 4.69) is 15.1 Å². The highest BCUT2D eigenvalue weighted by Crippen LogP contribution is 2.42. The fourth-order valence-corrected chi connectivity index (χ4v) is 4.14. The van der Waals surface area contributed by atoms with Gasteiger partial charge in [-0.2, -0.15) is 22.7 Å². The van der Waals surface area contributed by atoms with Crippen LogP contribution < -0.4 is 4.90 Å². The molecule has 5 heterocycles. The minimum Gasteiger partial charge on any atom is -0.344 e. The Morgan fingerprint density at radius 3 is 2.48 bits per heavy atom. The molecular weight excluding hydrogens is 434 g/mol. The van der Waals surface area contributed by atoms with Crippen LogP contribution in [0, 0.1) is 0 Å². The van der Waals surface area contributed by atoms with Gasteiger partial charge in [-0.05, 0) is 29.6 Å². The number of thiophene rings is 1. The fourth-order valence-electron chi connectivity index (χ4n) is 3.44. The van der Waals surface area contributed by atoms with Gasteiger partial charge in [0.15, 0.2) is 5.65 Å². The number of aromatic nitrogens is 4. The van der Waals surface area contributed by atoms with Crippen molar-refractivity contribution < 1.29 is 22.4 Å². The van der Waals surface area contributed by atoms with E-state index in [-0.39, 0.29) is 17.1 Å². The summed E-state index contributed by atoms with van der Waals surface area (Å²) in [5, 5.41) is 6.14. The molecule has 0 radical (unpaired) electrons. The monoisotopic (exact) mass is 447 g/mol. The van der Waals surface area contributed by atoms with Crippen molar-refractivity contribution in [1.82, 2.24) is 19.6 Å². The molecule has 0 saturated carbocycles. The first-order valence-electron chi connectivity index (χ1n) is 9.14. The van der Waals surface area contributed by atoms with Gasteiger partial charge in [0.1, 0.15) is 12.1 Å². The van der Waals surface area contributed by atoms with Crippen molar-refractivity contribution in [2.45, 2.75) is 11.8 Å². The number of nitrogens with zero attached hydrogens (tertiary/aromatic N) is 5. The van der Waals surface area contributed by atoms with Gasteiger partial charge in [-0.25, -0.2) is 14.5 Å². The highest BCUT2D eigenvalue weighted by molar-refractivity contribution is 7.13. The first-order chi connectivity index (χ1) is 14.8. The molecule has 0 aliphatic carbocycles. The molecule has 1 fully saturated rings. The molecule has 0 spiro atoms. The summed E-state index contributed by atoms with van der Waals surface area (Å²) in [6, 6.07) is 8.26. The number of hydrogen-bond donors (Lipinski definition) is 0. The number of hydrogen-bond acceptors (Lipinski definition) is 6. The molecule has 0 atom stereocenters. The smallest absolute Gasteiger partial charge is 0.329 e. The van der Waals surface area contributed by atoms with Crippen molar-refractivity contribution >= 4 is 29.1 Å². The molecule has 0 aromatic carbocycles. The van der Waals surface area contributed by atoms with Crippen molar-refractivity contribution in [3.63, 3.8) is 0 Å². The quantitative estimate of drug-likeness (QED) is 0.342. The zero-order valence-electron chi connectivity index (χ0n) is 15.7. The van der Waals surface area contributed by atoms with Crippen LogP contribution in [0.5, 0.6) is 0 Å². The van der Waals surface area contributed by atoms with E-state index in [1.54, 1.807) is 12.3 Å². The van der Waals surface area contributed by atoms with Crippen LogP contribution >= 0.6 is 11.3 Å². The Hall–Kier alpha value is -3.34. The van der Waals surface area contributed by atoms with Crippen LogP contribution in [-0.4, -0.2) is 50.8 Å². The Morgan fingerprint density at radius 1 is 1.03 bits per heavy atom. The molecule has 6 nitrogen and oxygen atoms in total. The van der Waals surface area contributed by atoms with E-state index in [1.165, 1.54) is 34.2 Å². The van der Waals surface area contributed by atoms with Crippen LogP contribution in [0.4, 0.5) is 23.4 Å². The third-order valence-corrected chi connectivity index (χ3v) is 5.92. The Morgan fingerprint density at radius 2 is 1.81 bits per heavy atom. The molecule has 1 aliphatic rings. The van der Waals surface area contributed by atoms with Gasteiger partial charge in [-0.1, -0.05) is 6.07 Å². The van der Waals surface area contributed by atoms with Gasteiger partial charge in [0.25, 0.3) is 0 Å². The lowest BCUT2D eigenvalue weighted by Crippen LogP contribution is -2.38. The first-order valence-corrected chi connectivity index (χ1v) is 10.0. The molecule has 0 amide bonds. The molecule has 4 aromatic heterocycles. The Kier molecular flexibility index (Phi) is 4.33. The van der Waals surface area contributed by atoms with E-state index in [1.807, 2.05) is 17.5 Å². The lowest BCUT2D eigenvalue weighted by Gasteiger charge is -2.17. The number of rotatable bonds is 4. The average Bonchev–Trinajstić information content (AvgIpc) is 3.45. The van der Waals surface area contributed by atoms with E-state index in [4.69, 9.17) is 0 Å². The number of aldehydes is 1. The SMILES string of the molecule is O=Cc1cc(-c2cnn3ccc(-c4cccs4)nc23)nc(N2CC(F)(F)C(F)(F)C2)c1. The Balaban J connectivity index is 1.61. The largest absolute Gasteiger partial charge is 0.344 e. The van der Waals surface area contributed by atoms with Crippen LogP contribution in [0.3, 0.4) is 0 Å². The second-order valence-electron chi connectivity index (χ2n) is 7.14. The third kappa shape index (κ3) is 3.25. The molecule has 158 valence electrons. The molecule has 0 N–H and O–H groups in total. The molecule has 1 saturated heterocycles. The molecule has 11 heteroatoms. The van der Waals surface area contributed by atoms with E-state index in [0.29, 0.717) is 23.2 Å². The van der Waals surface area contributed by atoms with Gasteiger partial charge in [-0.15, -0.1) is 11.3 Å². The minimum absolute atomic E-state index is 0.118. The summed E-state index contributed by atoms with van der Waals surface area (Å²) in [6.07, 6.45) is 3.71. The zero-order chi connectivity index (χ0) is 21.8. The van der Waals surface area contributed by atoms with Gasteiger partial charge in [0.2, 0.25) is 0 Å². The van der Waals surface area contributed by atoms with Gasteiger partial charge < -0.3 is 4.90 Å². The minimum atomic E-state index is -4.19. The molecule has 5 rings (SSSR count). The van der Waals surface area contributed by atoms with Crippen molar-refractivity contribution in [3.05, 3.63) is 53.7 Å². The van der Waals surface area contributed by atoms with Crippen molar-refractivity contribution in [2.24, 2.45) is 0 Å². The van der Waals surface area contributed by atoms with E-state index >= 15 is 0 Å². The van der Waals surface area contributed by atoms with Gasteiger partial charge >= 0.3 is 11.8 Å². The number of anilines is 1. The Labute approximate surface area is 176 Å². The van der Waals surface area contributed by atoms with Crippen LogP contribution in [0.25, 0.3) is 27.5 Å². The maximum Gasteiger partial charge on any atom is 0.329 e. The summed E-state index contributed by atoms with van der Waals surface area (Å²) in [5.74, 6) is -8.51. The molecule has 0 bridgehead atoms. The van der Waals surface area contributed by atoms with Gasteiger partial charge in [0, 0.05) is 11.8 Å². The third-order valence-electron chi connectivity index (χ3n) is 5.03. The number of halogens is 4. The topological polar surface area (TPSA) is 63.4 Å². The summed E-state index contributed by atoms with van der Waals surface area (Å²) in [7, 11) is 0. The summed E-state index contributed by atoms with van der Waals surface area (Å²) >= 11 is 1.51. The van der Waals surface area contributed by atoms with Crippen LogP contribution in [0.15, 0.2) is 48.1 Å². The summed E-state index contributed by atoms with van der Waals surface area (Å²) < 4.78 is 56.3. The molecular formula is C20H13F4N5OS. The fraction of sp³-hybridized carbons (Fsp3) is 0.200. The number of carbonyl (C=O) groups excluding carboxylic acids is 1. The van der Waals surface area contributed by atoms with E-state index < -0.39 is 24.9 Å². The van der Waals surface area contributed by atoms with Crippen LogP contribution in [0.2, 0.25) is 0 Å². The Bertz CT molecular complexity index is 1270. The number of fused-ring (bicyclic) bond motifs is 1. The number of alkyl halides is 4. The first kappa shape index (κ1) is 19.6. The highest BCUT2D eigenvalue weighted by Gasteiger charge is 2.63.